The smallest absolute Gasteiger partial charge is 0.136 e. The van der Waals surface area contributed by atoms with E-state index in [4.69, 9.17) is 22.7 Å². The summed E-state index contributed by atoms with van der Waals surface area (Å²) in [6.07, 6.45) is 3.13. The summed E-state index contributed by atoms with van der Waals surface area (Å²) >= 11 is 4.99. The van der Waals surface area contributed by atoms with Crippen molar-refractivity contribution in [2.24, 2.45) is 11.7 Å². The molecule has 0 amide bonds. The van der Waals surface area contributed by atoms with Gasteiger partial charge in [0.1, 0.15) is 10.8 Å². The van der Waals surface area contributed by atoms with Gasteiger partial charge in [0, 0.05) is 25.3 Å². The Bertz CT molecular complexity index is 410. The van der Waals surface area contributed by atoms with Gasteiger partial charge in [-0.15, -0.1) is 0 Å². The Labute approximate surface area is 107 Å². The van der Waals surface area contributed by atoms with Gasteiger partial charge in [0.05, 0.1) is 11.7 Å². The number of hydrogen-bond acceptors (Lipinski definition) is 4. The van der Waals surface area contributed by atoms with Gasteiger partial charge in [-0.3, -0.25) is 0 Å². The fraction of sp³-hybridized carbons (Fsp3) is 0.500. The number of rotatable bonds is 4. The number of hydrogen-bond donors (Lipinski definition) is 2. The summed E-state index contributed by atoms with van der Waals surface area (Å²) in [5.41, 5.74) is 6.45. The lowest BCUT2D eigenvalue weighted by Crippen LogP contribution is -2.23. The second-order valence-corrected chi connectivity index (χ2v) is 4.71. The first-order chi connectivity index (χ1) is 8.18. The first-order valence-corrected chi connectivity index (χ1v) is 6.19. The lowest BCUT2D eigenvalue weighted by atomic mass is 10.0. The van der Waals surface area contributed by atoms with E-state index in [9.17, 15) is 0 Å². The van der Waals surface area contributed by atoms with Crippen LogP contribution in [-0.2, 0) is 4.74 Å². The monoisotopic (exact) mass is 251 g/mol. The highest BCUT2D eigenvalue weighted by atomic mass is 32.1. The topological polar surface area (TPSA) is 60.2 Å². The molecule has 0 aliphatic carbocycles. The van der Waals surface area contributed by atoms with Crippen molar-refractivity contribution in [3.05, 3.63) is 23.9 Å². The van der Waals surface area contributed by atoms with Crippen LogP contribution < -0.4 is 11.1 Å². The van der Waals surface area contributed by atoms with Gasteiger partial charge in [0.2, 0.25) is 0 Å². The molecule has 3 N–H and O–H groups in total. The van der Waals surface area contributed by atoms with Crippen LogP contribution in [0.4, 0.5) is 5.82 Å². The molecular weight excluding hydrogens is 234 g/mol. The third kappa shape index (κ3) is 2.92. The first-order valence-electron chi connectivity index (χ1n) is 5.79. The van der Waals surface area contributed by atoms with Gasteiger partial charge >= 0.3 is 0 Å². The molecule has 0 radical (unpaired) electrons. The third-order valence-electron chi connectivity index (χ3n) is 3.14. The predicted molar refractivity (Wildman–Crippen MR) is 72.1 cm³/mol. The molecule has 1 aromatic rings. The summed E-state index contributed by atoms with van der Waals surface area (Å²) in [7, 11) is 0. The second-order valence-electron chi connectivity index (χ2n) is 4.27. The van der Waals surface area contributed by atoms with E-state index >= 15 is 0 Å². The maximum atomic E-state index is 5.65. The lowest BCUT2D eigenvalue weighted by Gasteiger charge is -2.16. The Hall–Kier alpha value is -1.20. The van der Waals surface area contributed by atoms with E-state index in [1.54, 1.807) is 6.20 Å². The molecule has 0 bridgehead atoms. The molecule has 2 atom stereocenters. The SMILES string of the molecule is CC1OCCC1CNc1ncccc1C(N)=S. The van der Waals surface area contributed by atoms with Gasteiger partial charge in [0.15, 0.2) is 0 Å². The van der Waals surface area contributed by atoms with E-state index in [-0.39, 0.29) is 0 Å². The minimum atomic E-state index is 0.305. The highest BCUT2D eigenvalue weighted by Crippen LogP contribution is 2.21. The average molecular weight is 251 g/mol. The van der Waals surface area contributed by atoms with Gasteiger partial charge in [-0.1, -0.05) is 12.2 Å². The average Bonchev–Trinajstić information content (AvgIpc) is 2.72. The summed E-state index contributed by atoms with van der Waals surface area (Å²) in [4.78, 5) is 4.64. The van der Waals surface area contributed by atoms with Crippen molar-refractivity contribution in [2.45, 2.75) is 19.4 Å². The van der Waals surface area contributed by atoms with Crippen molar-refractivity contribution in [2.75, 3.05) is 18.5 Å². The highest BCUT2D eigenvalue weighted by Gasteiger charge is 2.24. The summed E-state index contributed by atoms with van der Waals surface area (Å²) < 4.78 is 5.52. The van der Waals surface area contributed by atoms with E-state index in [0.717, 1.165) is 31.0 Å². The third-order valence-corrected chi connectivity index (χ3v) is 3.36. The van der Waals surface area contributed by atoms with E-state index in [0.29, 0.717) is 17.0 Å². The van der Waals surface area contributed by atoms with Gasteiger partial charge in [-0.05, 0) is 25.5 Å². The molecule has 5 heteroatoms. The van der Waals surface area contributed by atoms with E-state index in [2.05, 4.69) is 17.2 Å². The van der Waals surface area contributed by atoms with Crippen LogP contribution in [0.2, 0.25) is 0 Å². The van der Waals surface area contributed by atoms with E-state index in [1.165, 1.54) is 0 Å². The summed E-state index contributed by atoms with van der Waals surface area (Å²) in [6, 6.07) is 3.72. The molecule has 1 aliphatic heterocycles. The Morgan fingerprint density at radius 2 is 2.53 bits per heavy atom. The number of nitrogens with two attached hydrogens (primary N) is 1. The molecule has 2 unspecified atom stereocenters. The van der Waals surface area contributed by atoms with Crippen molar-refractivity contribution in [1.29, 1.82) is 0 Å². The predicted octanol–water partition coefficient (Wildman–Crippen LogP) is 1.55. The Morgan fingerprint density at radius 1 is 1.71 bits per heavy atom. The number of nitrogens with one attached hydrogen (secondary N) is 1. The van der Waals surface area contributed by atoms with Gasteiger partial charge in [0.25, 0.3) is 0 Å². The molecule has 1 aromatic heterocycles. The minimum absolute atomic E-state index is 0.305. The molecule has 1 aliphatic rings. The van der Waals surface area contributed by atoms with Crippen LogP contribution in [0.3, 0.4) is 0 Å². The van der Waals surface area contributed by atoms with Crippen LogP contribution in [0.25, 0.3) is 0 Å². The summed E-state index contributed by atoms with van der Waals surface area (Å²) in [5.74, 6) is 1.29. The van der Waals surface area contributed by atoms with Crippen LogP contribution in [0.15, 0.2) is 18.3 Å². The standard InChI is InChI=1S/C12H17N3OS/c1-8-9(4-6-16-8)7-15-12-10(11(13)17)3-2-5-14-12/h2-3,5,8-9H,4,6-7H2,1H3,(H2,13,17)(H,14,15). The molecule has 0 aromatic carbocycles. The van der Waals surface area contributed by atoms with Crippen LogP contribution in [-0.4, -0.2) is 29.2 Å². The van der Waals surface area contributed by atoms with Gasteiger partial charge in [-0.2, -0.15) is 0 Å². The molecule has 0 spiro atoms. The number of aromatic nitrogens is 1. The van der Waals surface area contributed by atoms with Crippen molar-refractivity contribution >= 4 is 23.0 Å². The maximum Gasteiger partial charge on any atom is 0.136 e. The molecular formula is C12H17N3OS. The number of pyridine rings is 1. The van der Waals surface area contributed by atoms with Gasteiger partial charge < -0.3 is 15.8 Å². The molecule has 1 fully saturated rings. The number of nitrogens with zero attached hydrogens (tertiary/aromatic N) is 1. The largest absolute Gasteiger partial charge is 0.389 e. The zero-order chi connectivity index (χ0) is 12.3. The molecule has 1 saturated heterocycles. The van der Waals surface area contributed by atoms with Crippen molar-refractivity contribution < 1.29 is 4.74 Å². The Balaban J connectivity index is 2.01. The van der Waals surface area contributed by atoms with Crippen LogP contribution >= 0.6 is 12.2 Å². The Kier molecular flexibility index (Phi) is 3.91. The fourth-order valence-electron chi connectivity index (χ4n) is 2.02. The summed E-state index contributed by atoms with van der Waals surface area (Å²) in [6.45, 7) is 3.79. The van der Waals surface area contributed by atoms with Crippen LogP contribution in [0.5, 0.6) is 0 Å². The maximum absolute atomic E-state index is 5.65. The van der Waals surface area contributed by atoms with Crippen molar-refractivity contribution in [1.82, 2.24) is 4.98 Å². The van der Waals surface area contributed by atoms with Crippen LogP contribution in [0, 0.1) is 5.92 Å². The normalized spacial score (nSPS) is 23.6. The highest BCUT2D eigenvalue weighted by molar-refractivity contribution is 7.80. The molecule has 2 heterocycles. The fourth-order valence-corrected chi connectivity index (χ4v) is 2.18. The first kappa shape index (κ1) is 12.3. The lowest BCUT2D eigenvalue weighted by molar-refractivity contribution is 0.108. The zero-order valence-corrected chi connectivity index (χ0v) is 10.7. The van der Waals surface area contributed by atoms with Crippen molar-refractivity contribution in [3.63, 3.8) is 0 Å². The van der Waals surface area contributed by atoms with E-state index in [1.807, 2.05) is 12.1 Å². The molecule has 17 heavy (non-hydrogen) atoms. The Morgan fingerprint density at radius 3 is 3.18 bits per heavy atom. The summed E-state index contributed by atoms with van der Waals surface area (Å²) in [5, 5.41) is 3.31. The minimum Gasteiger partial charge on any atom is -0.389 e. The molecule has 4 nitrogen and oxygen atoms in total. The molecule has 0 saturated carbocycles. The zero-order valence-electron chi connectivity index (χ0n) is 9.85. The number of thiocarbonyl (C=S) groups is 1. The second kappa shape index (κ2) is 5.42. The van der Waals surface area contributed by atoms with E-state index < -0.39 is 0 Å². The van der Waals surface area contributed by atoms with Crippen molar-refractivity contribution in [3.8, 4) is 0 Å². The quantitative estimate of drug-likeness (QED) is 0.795. The van der Waals surface area contributed by atoms with Crippen LogP contribution in [0.1, 0.15) is 18.9 Å². The molecule has 92 valence electrons. The van der Waals surface area contributed by atoms with Gasteiger partial charge in [-0.25, -0.2) is 4.98 Å². The molecule has 2 rings (SSSR count). The number of anilines is 1. The number of ether oxygens (including phenoxy) is 1.